The Kier molecular flexibility index (Phi) is 25.3. The number of carboxylic acid groups (broad SMARTS) is 1. The summed E-state index contributed by atoms with van der Waals surface area (Å²) in [6.45, 7) is 2.44. The fourth-order valence-corrected chi connectivity index (χ4v) is 5.59. The van der Waals surface area contributed by atoms with Gasteiger partial charge in [0.15, 0.2) is 6.10 Å². The normalized spacial score (nSPS) is 16.3. The summed E-state index contributed by atoms with van der Waals surface area (Å²) in [6.07, 6.45) is 19.3. The molecule has 0 aliphatic heterocycles. The third-order valence-electron chi connectivity index (χ3n) is 6.40. The first-order chi connectivity index (χ1) is 22.6. The number of phosphoric ester groups is 1. The van der Waals surface area contributed by atoms with Crippen molar-refractivity contribution < 1.29 is 57.1 Å². The summed E-state index contributed by atoms with van der Waals surface area (Å²) >= 11 is 1.20. The summed E-state index contributed by atoms with van der Waals surface area (Å²) in [5.41, 5.74) is 6.03. The molecule has 0 rings (SSSR count). The molecule has 0 bridgehead atoms. The van der Waals surface area contributed by atoms with E-state index in [4.69, 9.17) is 29.4 Å². The highest BCUT2D eigenvalue weighted by Crippen LogP contribution is 2.38. The van der Waals surface area contributed by atoms with Gasteiger partial charge in [0.05, 0.1) is 33.9 Å². The van der Waals surface area contributed by atoms with Crippen molar-refractivity contribution in [1.82, 2.24) is 0 Å². The van der Waals surface area contributed by atoms with Crippen LogP contribution in [0.4, 0.5) is 0 Å². The molecular weight excluding hydrogens is 663 g/mol. The zero-order valence-electron chi connectivity index (χ0n) is 29.1. The number of phosphoric acid groups is 1. The molecule has 0 saturated heterocycles. The Morgan fingerprint density at radius 3 is 2.35 bits per heavy atom. The standard InChI is InChI=1S/C33H57N2O11PS/c1-6-7-8-9-10-11-12-13-14-15-16-17-20-31(30(37)19-18-21-32(38)39)48-26-29(34)33(40)43-24-28(46-27(2)36)25-45-47(41,42)44-23-22-35(3,4)5/h10-11,13-17,20,28-31,37H,6-9,12,18-19,21-26,34H2,1-5H3,(H-,38,39,41,42)/b11-10-,14-13-,16-15+,20-17+/t28-,29+,30+,31-/m1/s1. The molecule has 5 atom stereocenters. The van der Waals surface area contributed by atoms with Gasteiger partial charge in [-0.25, -0.2) is 0 Å². The van der Waals surface area contributed by atoms with Crippen molar-refractivity contribution in [3.8, 4) is 0 Å². The van der Waals surface area contributed by atoms with Crippen molar-refractivity contribution in [3.63, 3.8) is 0 Å². The average molecular weight is 721 g/mol. The van der Waals surface area contributed by atoms with Crippen LogP contribution in [-0.4, -0.2) is 109 Å². The maximum atomic E-state index is 12.6. The number of aliphatic hydroxyl groups excluding tert-OH is 1. The molecule has 0 aromatic rings. The van der Waals surface area contributed by atoms with E-state index >= 15 is 0 Å². The van der Waals surface area contributed by atoms with E-state index < -0.39 is 62.4 Å². The number of aliphatic carboxylic acids is 1. The number of carboxylic acids is 1. The van der Waals surface area contributed by atoms with Crippen LogP contribution >= 0.6 is 19.6 Å². The summed E-state index contributed by atoms with van der Waals surface area (Å²) < 4.78 is 32.4. The van der Waals surface area contributed by atoms with Crippen molar-refractivity contribution in [2.24, 2.45) is 5.73 Å². The molecular formula is C33H57N2O11PS. The molecule has 0 aliphatic rings. The largest absolute Gasteiger partial charge is 0.756 e. The molecule has 4 N–H and O–H groups in total. The number of unbranched alkanes of at least 4 members (excludes halogenated alkanes) is 3. The second kappa shape index (κ2) is 26.6. The minimum Gasteiger partial charge on any atom is -0.756 e. The smallest absolute Gasteiger partial charge is 0.323 e. The molecule has 0 aromatic carbocycles. The molecule has 276 valence electrons. The van der Waals surface area contributed by atoms with E-state index in [1.165, 1.54) is 31.0 Å². The van der Waals surface area contributed by atoms with Crippen LogP contribution in [0.2, 0.25) is 0 Å². The Balaban J connectivity index is 5.07. The Morgan fingerprint density at radius 1 is 1.00 bits per heavy atom. The number of hydrogen-bond donors (Lipinski definition) is 3. The van der Waals surface area contributed by atoms with Gasteiger partial charge in [-0.3, -0.25) is 18.9 Å². The van der Waals surface area contributed by atoms with Gasteiger partial charge in [0.2, 0.25) is 0 Å². The van der Waals surface area contributed by atoms with Crippen molar-refractivity contribution in [3.05, 3.63) is 48.6 Å². The predicted molar refractivity (Wildman–Crippen MR) is 186 cm³/mol. The third-order valence-corrected chi connectivity index (χ3v) is 8.77. The number of carbonyl (C=O) groups excluding carboxylic acids is 2. The number of hydrogen-bond acceptors (Lipinski definition) is 12. The lowest BCUT2D eigenvalue weighted by molar-refractivity contribution is -0.870. The van der Waals surface area contributed by atoms with E-state index in [0.29, 0.717) is 11.0 Å². The first kappa shape index (κ1) is 45.7. The van der Waals surface area contributed by atoms with Gasteiger partial charge in [-0.15, -0.1) is 11.8 Å². The highest BCUT2D eigenvalue weighted by molar-refractivity contribution is 8.00. The average Bonchev–Trinajstić information content (AvgIpc) is 2.98. The van der Waals surface area contributed by atoms with E-state index in [1.807, 2.05) is 39.4 Å². The van der Waals surface area contributed by atoms with Crippen molar-refractivity contribution in [1.29, 1.82) is 0 Å². The Morgan fingerprint density at radius 2 is 1.71 bits per heavy atom. The number of nitrogens with two attached hydrogens (primary N) is 1. The van der Waals surface area contributed by atoms with Gasteiger partial charge in [-0.2, -0.15) is 0 Å². The molecule has 1 unspecified atom stereocenters. The Bertz CT molecular complexity index is 1090. The zero-order valence-corrected chi connectivity index (χ0v) is 30.8. The number of likely N-dealkylation sites (N-methyl/N-ethyl adjacent to an activating group) is 1. The lowest BCUT2D eigenvalue weighted by Gasteiger charge is -2.28. The van der Waals surface area contributed by atoms with Crippen LogP contribution in [0, 0.1) is 0 Å². The third kappa shape index (κ3) is 27.6. The van der Waals surface area contributed by atoms with Gasteiger partial charge in [0.25, 0.3) is 7.82 Å². The Hall–Kier alpha value is -2.29. The molecule has 0 aliphatic carbocycles. The molecule has 0 fully saturated rings. The summed E-state index contributed by atoms with van der Waals surface area (Å²) in [5, 5.41) is 19.2. The summed E-state index contributed by atoms with van der Waals surface area (Å²) in [5.74, 6) is -2.49. The minimum atomic E-state index is -4.71. The van der Waals surface area contributed by atoms with Crippen LogP contribution in [-0.2, 0) is 37.5 Å². The molecule has 0 aromatic heterocycles. The minimum absolute atomic E-state index is 0.0443. The topological polar surface area (TPSA) is 195 Å². The maximum absolute atomic E-state index is 12.6. The molecule has 0 amide bonds. The fourth-order valence-electron chi connectivity index (χ4n) is 3.74. The van der Waals surface area contributed by atoms with Crippen molar-refractivity contribution in [2.75, 3.05) is 53.3 Å². The highest BCUT2D eigenvalue weighted by Gasteiger charge is 2.25. The summed E-state index contributed by atoms with van der Waals surface area (Å²) in [7, 11) is 0.886. The van der Waals surface area contributed by atoms with E-state index in [1.54, 1.807) is 18.2 Å². The molecule has 13 nitrogen and oxygen atoms in total. The number of thioether (sulfide) groups is 1. The van der Waals surface area contributed by atoms with Crippen LogP contribution in [0.25, 0.3) is 0 Å². The number of nitrogens with zero attached hydrogens (tertiary/aromatic N) is 1. The van der Waals surface area contributed by atoms with Gasteiger partial charge in [0.1, 0.15) is 25.8 Å². The second-order valence-electron chi connectivity index (χ2n) is 12.1. The lowest BCUT2D eigenvalue weighted by Crippen LogP contribution is -2.39. The quantitative estimate of drug-likeness (QED) is 0.0263. The molecule has 0 saturated carbocycles. The van der Waals surface area contributed by atoms with E-state index in [2.05, 4.69) is 19.1 Å². The molecule has 0 spiro atoms. The number of aliphatic hydroxyl groups is 1. The number of rotatable bonds is 28. The first-order valence-electron chi connectivity index (χ1n) is 16.2. The van der Waals surface area contributed by atoms with Crippen LogP contribution in [0.15, 0.2) is 48.6 Å². The predicted octanol–water partition coefficient (Wildman–Crippen LogP) is 3.91. The number of carbonyl (C=O) groups is 3. The number of ether oxygens (including phenoxy) is 2. The lowest BCUT2D eigenvalue weighted by atomic mass is 10.1. The summed E-state index contributed by atoms with van der Waals surface area (Å²) in [6, 6.07) is -1.13. The Labute approximate surface area is 290 Å². The van der Waals surface area contributed by atoms with Crippen LogP contribution < -0.4 is 10.6 Å². The van der Waals surface area contributed by atoms with Crippen LogP contribution in [0.1, 0.15) is 65.2 Å². The van der Waals surface area contributed by atoms with E-state index in [9.17, 15) is 28.9 Å². The van der Waals surface area contributed by atoms with Crippen molar-refractivity contribution >= 4 is 37.5 Å². The zero-order chi connectivity index (χ0) is 36.4. The fraction of sp³-hybridized carbons (Fsp3) is 0.667. The number of quaternary nitrogens is 1. The first-order valence-corrected chi connectivity index (χ1v) is 18.7. The van der Waals surface area contributed by atoms with Crippen LogP contribution in [0.5, 0.6) is 0 Å². The van der Waals surface area contributed by atoms with E-state index in [-0.39, 0.29) is 31.6 Å². The number of esters is 2. The number of allylic oxidation sites excluding steroid dienone is 7. The van der Waals surface area contributed by atoms with Gasteiger partial charge in [0, 0.05) is 24.3 Å². The molecule has 0 heterocycles. The van der Waals surface area contributed by atoms with Gasteiger partial charge < -0.3 is 43.8 Å². The second-order valence-corrected chi connectivity index (χ2v) is 14.7. The van der Waals surface area contributed by atoms with Gasteiger partial charge >= 0.3 is 17.9 Å². The maximum Gasteiger partial charge on any atom is 0.323 e. The highest BCUT2D eigenvalue weighted by atomic mass is 32.2. The van der Waals surface area contributed by atoms with Crippen LogP contribution in [0.3, 0.4) is 0 Å². The SMILES string of the molecule is CCCCC/C=C\C\C=C/C=C/C=C/[C@@H](SC[C@H](N)C(=O)OC[C@H](COP(=O)([O-])OCC[N+](C)(C)C)OC(C)=O)[C@@H](O)CCCC(=O)O. The molecule has 15 heteroatoms. The van der Waals surface area contributed by atoms with Crippen molar-refractivity contribution in [2.45, 2.75) is 88.7 Å². The molecule has 48 heavy (non-hydrogen) atoms. The summed E-state index contributed by atoms with van der Waals surface area (Å²) in [4.78, 5) is 47.1. The monoisotopic (exact) mass is 720 g/mol. The van der Waals surface area contributed by atoms with E-state index in [0.717, 1.165) is 19.8 Å². The molecule has 0 radical (unpaired) electrons. The van der Waals surface area contributed by atoms with Gasteiger partial charge in [-0.1, -0.05) is 68.4 Å². The van der Waals surface area contributed by atoms with Gasteiger partial charge in [-0.05, 0) is 32.1 Å².